The summed E-state index contributed by atoms with van der Waals surface area (Å²) in [4.78, 5) is 0. The Bertz CT molecular complexity index is 2450. The van der Waals surface area contributed by atoms with Crippen molar-refractivity contribution < 1.29 is 8.83 Å². The van der Waals surface area contributed by atoms with Crippen LogP contribution in [0.4, 0.5) is 0 Å². The third-order valence-electron chi connectivity index (χ3n) is 7.95. The third kappa shape index (κ3) is 3.68. The molecule has 4 heteroatoms. The molecule has 194 valence electrons. The zero-order chi connectivity index (χ0) is 28.2. The van der Waals surface area contributed by atoms with Crippen LogP contribution in [0, 0.1) is 22.7 Å². The number of rotatable bonds is 3. The van der Waals surface area contributed by atoms with Gasteiger partial charge < -0.3 is 8.83 Å². The average molecular weight is 537 g/mol. The number of nitriles is 2. The van der Waals surface area contributed by atoms with E-state index in [1.807, 2.05) is 97.1 Å². The normalized spacial score (nSPS) is 11.3. The van der Waals surface area contributed by atoms with E-state index in [1.54, 1.807) is 6.07 Å². The van der Waals surface area contributed by atoms with Crippen molar-refractivity contribution in [2.24, 2.45) is 0 Å². The maximum absolute atomic E-state index is 10.6. The van der Waals surface area contributed by atoms with Crippen LogP contribution in [0.1, 0.15) is 11.1 Å². The fourth-order valence-corrected chi connectivity index (χ4v) is 5.94. The zero-order valence-corrected chi connectivity index (χ0v) is 22.3. The van der Waals surface area contributed by atoms with Crippen LogP contribution in [0.25, 0.3) is 77.3 Å². The lowest BCUT2D eigenvalue weighted by molar-refractivity contribution is 0.668. The number of hydrogen-bond donors (Lipinski definition) is 0. The van der Waals surface area contributed by atoms with Crippen molar-refractivity contribution in [1.82, 2.24) is 0 Å². The summed E-state index contributed by atoms with van der Waals surface area (Å²) in [6, 6.07) is 44.5. The summed E-state index contributed by atoms with van der Waals surface area (Å²) in [5.74, 6) is 0. The van der Waals surface area contributed by atoms with E-state index >= 15 is 0 Å². The number of nitrogens with zero attached hydrogens (tertiary/aromatic N) is 2. The van der Waals surface area contributed by atoms with Gasteiger partial charge in [0.05, 0.1) is 17.2 Å². The number of hydrogen-bond acceptors (Lipinski definition) is 4. The molecular formula is C38H20N2O2. The minimum atomic E-state index is 0.567. The molecule has 2 aromatic heterocycles. The molecule has 0 unspecified atom stereocenters. The van der Waals surface area contributed by atoms with Gasteiger partial charge in [0.25, 0.3) is 0 Å². The van der Waals surface area contributed by atoms with Crippen LogP contribution in [0.5, 0.6) is 0 Å². The lowest BCUT2D eigenvalue weighted by Gasteiger charge is -2.15. The van der Waals surface area contributed by atoms with Crippen molar-refractivity contribution in [2.75, 3.05) is 0 Å². The third-order valence-corrected chi connectivity index (χ3v) is 7.95. The molecule has 0 amide bonds. The molecule has 8 aromatic rings. The zero-order valence-electron chi connectivity index (χ0n) is 22.3. The van der Waals surface area contributed by atoms with Crippen LogP contribution >= 0.6 is 0 Å². The summed E-state index contributed by atoms with van der Waals surface area (Å²) in [6.45, 7) is 0. The summed E-state index contributed by atoms with van der Waals surface area (Å²) in [7, 11) is 0. The maximum Gasteiger partial charge on any atom is 0.136 e. The van der Waals surface area contributed by atoms with Crippen LogP contribution in [-0.4, -0.2) is 0 Å². The van der Waals surface area contributed by atoms with Gasteiger partial charge in [0, 0.05) is 32.7 Å². The molecule has 4 nitrogen and oxygen atoms in total. The minimum absolute atomic E-state index is 0.567. The van der Waals surface area contributed by atoms with E-state index in [1.165, 1.54) is 0 Å². The van der Waals surface area contributed by atoms with Gasteiger partial charge in [-0.05, 0) is 82.9 Å². The predicted octanol–water partition coefficient (Wildman–Crippen LogP) is 10.2. The first-order chi connectivity index (χ1) is 20.7. The Morgan fingerprint density at radius 2 is 1.02 bits per heavy atom. The Morgan fingerprint density at radius 1 is 0.405 bits per heavy atom. The van der Waals surface area contributed by atoms with E-state index in [9.17, 15) is 10.5 Å². The first-order valence-electron chi connectivity index (χ1n) is 13.6. The second-order valence-electron chi connectivity index (χ2n) is 10.4. The highest BCUT2D eigenvalue weighted by Gasteiger charge is 2.18. The van der Waals surface area contributed by atoms with Gasteiger partial charge in [0.15, 0.2) is 0 Å². The molecule has 0 spiro atoms. The number of fused-ring (bicyclic) bond motifs is 6. The van der Waals surface area contributed by atoms with E-state index in [4.69, 9.17) is 8.83 Å². The molecule has 0 atom stereocenters. The van der Waals surface area contributed by atoms with Gasteiger partial charge in [0.1, 0.15) is 28.4 Å². The van der Waals surface area contributed by atoms with Gasteiger partial charge >= 0.3 is 0 Å². The molecule has 0 aliphatic heterocycles. The minimum Gasteiger partial charge on any atom is -0.456 e. The second kappa shape index (κ2) is 9.24. The second-order valence-corrected chi connectivity index (χ2v) is 10.4. The maximum atomic E-state index is 10.6. The summed E-state index contributed by atoms with van der Waals surface area (Å²) < 4.78 is 12.3. The highest BCUT2D eigenvalue weighted by Crippen LogP contribution is 2.41. The molecular weight excluding hydrogens is 516 g/mol. The molecule has 0 bridgehead atoms. The summed E-state index contributed by atoms with van der Waals surface area (Å²) in [5.41, 5.74) is 9.58. The van der Waals surface area contributed by atoms with E-state index in [-0.39, 0.29) is 0 Å². The van der Waals surface area contributed by atoms with Gasteiger partial charge in [-0.2, -0.15) is 10.5 Å². The van der Waals surface area contributed by atoms with Crippen LogP contribution in [0.3, 0.4) is 0 Å². The van der Waals surface area contributed by atoms with Crippen molar-refractivity contribution in [3.8, 4) is 45.5 Å². The standard InChI is InChI=1S/C38H20N2O2/c39-21-23-6-5-7-24(16-23)27-18-31(25-13-15-37-33(17-25)29-9-2-4-11-36(29)41-37)34(22-40)32(19-27)26-12-14-30-28-8-1-3-10-35(28)42-38(30)20-26/h1-20H. The van der Waals surface area contributed by atoms with Gasteiger partial charge in [-0.25, -0.2) is 0 Å². The molecule has 0 saturated heterocycles. The van der Waals surface area contributed by atoms with Crippen LogP contribution in [0.2, 0.25) is 0 Å². The van der Waals surface area contributed by atoms with E-state index in [0.717, 1.165) is 77.3 Å². The van der Waals surface area contributed by atoms with Gasteiger partial charge in [-0.1, -0.05) is 60.7 Å². The predicted molar refractivity (Wildman–Crippen MR) is 167 cm³/mol. The lowest BCUT2D eigenvalue weighted by atomic mass is 9.87. The fraction of sp³-hybridized carbons (Fsp3) is 0. The molecule has 0 aliphatic carbocycles. The number of furan rings is 2. The topological polar surface area (TPSA) is 73.9 Å². The monoisotopic (exact) mass is 536 g/mol. The highest BCUT2D eigenvalue weighted by atomic mass is 16.3. The molecule has 0 fully saturated rings. The number of benzene rings is 6. The summed E-state index contributed by atoms with van der Waals surface area (Å²) in [6.07, 6.45) is 0. The first kappa shape index (κ1) is 23.8. The molecule has 8 rings (SSSR count). The van der Waals surface area contributed by atoms with Crippen molar-refractivity contribution in [3.63, 3.8) is 0 Å². The van der Waals surface area contributed by atoms with Crippen molar-refractivity contribution in [3.05, 3.63) is 132 Å². The smallest absolute Gasteiger partial charge is 0.136 e. The van der Waals surface area contributed by atoms with Crippen LogP contribution in [-0.2, 0) is 0 Å². The Labute approximate surface area is 240 Å². The van der Waals surface area contributed by atoms with Gasteiger partial charge in [0.2, 0.25) is 0 Å². The molecule has 0 radical (unpaired) electrons. The average Bonchev–Trinajstić information content (AvgIpc) is 3.61. The number of para-hydroxylation sites is 2. The molecule has 42 heavy (non-hydrogen) atoms. The Kier molecular flexibility index (Phi) is 5.22. The Morgan fingerprint density at radius 3 is 1.76 bits per heavy atom. The Balaban J connectivity index is 1.41. The Hall–Kier alpha value is -6.10. The largest absolute Gasteiger partial charge is 0.456 e. The molecule has 6 aromatic carbocycles. The van der Waals surface area contributed by atoms with E-state index in [0.29, 0.717) is 11.1 Å². The quantitative estimate of drug-likeness (QED) is 0.225. The SMILES string of the molecule is N#Cc1cccc(-c2cc(-c3ccc4c(c3)oc3ccccc34)c(C#N)c(-c3ccc4oc5ccccc5c4c3)c2)c1. The van der Waals surface area contributed by atoms with Gasteiger partial charge in [-0.3, -0.25) is 0 Å². The summed E-state index contributed by atoms with van der Waals surface area (Å²) in [5, 5.41) is 24.3. The van der Waals surface area contributed by atoms with Crippen LogP contribution in [0.15, 0.2) is 130 Å². The van der Waals surface area contributed by atoms with Crippen molar-refractivity contribution in [2.45, 2.75) is 0 Å². The summed E-state index contributed by atoms with van der Waals surface area (Å²) >= 11 is 0. The van der Waals surface area contributed by atoms with E-state index < -0.39 is 0 Å². The lowest BCUT2D eigenvalue weighted by Crippen LogP contribution is -1.93. The van der Waals surface area contributed by atoms with Crippen LogP contribution < -0.4 is 0 Å². The molecule has 0 aliphatic rings. The first-order valence-corrected chi connectivity index (χ1v) is 13.6. The molecule has 0 saturated carbocycles. The molecule has 2 heterocycles. The van der Waals surface area contributed by atoms with Crippen molar-refractivity contribution >= 4 is 43.9 Å². The fourth-order valence-electron chi connectivity index (χ4n) is 5.94. The van der Waals surface area contributed by atoms with Crippen molar-refractivity contribution in [1.29, 1.82) is 10.5 Å². The van der Waals surface area contributed by atoms with Gasteiger partial charge in [-0.15, -0.1) is 0 Å². The van der Waals surface area contributed by atoms with E-state index in [2.05, 4.69) is 30.3 Å². The highest BCUT2D eigenvalue weighted by molar-refractivity contribution is 6.08. The molecule has 0 N–H and O–H groups in total.